The van der Waals surface area contributed by atoms with Crippen LogP contribution in [0.2, 0.25) is 0 Å². The van der Waals surface area contributed by atoms with Crippen LogP contribution in [0.1, 0.15) is 39.5 Å². The van der Waals surface area contributed by atoms with Gasteiger partial charge in [-0.2, -0.15) is 0 Å². The molecule has 0 aliphatic carbocycles. The van der Waals surface area contributed by atoms with E-state index in [-0.39, 0.29) is 12.2 Å². The molecule has 1 saturated heterocycles. The molecule has 0 bridgehead atoms. The van der Waals surface area contributed by atoms with Gasteiger partial charge in [0.1, 0.15) is 0 Å². The van der Waals surface area contributed by atoms with Crippen molar-refractivity contribution in [2.75, 3.05) is 26.3 Å². The average Bonchev–Trinajstić information content (AvgIpc) is 2.29. The topological polar surface area (TPSA) is 38.8 Å². The van der Waals surface area contributed by atoms with Gasteiger partial charge in [-0.05, 0) is 33.1 Å². The summed E-state index contributed by atoms with van der Waals surface area (Å²) in [5, 5.41) is 0. The van der Waals surface area contributed by atoms with Gasteiger partial charge in [-0.1, -0.05) is 0 Å². The fraction of sp³-hybridized carbons (Fsp3) is 0.917. The molecule has 0 aromatic carbocycles. The van der Waals surface area contributed by atoms with Crippen molar-refractivity contribution in [3.05, 3.63) is 0 Å². The highest BCUT2D eigenvalue weighted by Crippen LogP contribution is 2.09. The van der Waals surface area contributed by atoms with E-state index >= 15 is 0 Å². The lowest BCUT2D eigenvalue weighted by Gasteiger charge is -2.25. The van der Waals surface area contributed by atoms with E-state index in [1.165, 1.54) is 6.42 Å². The molecule has 0 aromatic rings. The van der Waals surface area contributed by atoms with Gasteiger partial charge in [0.15, 0.2) is 0 Å². The van der Waals surface area contributed by atoms with Crippen LogP contribution in [0.15, 0.2) is 0 Å². The summed E-state index contributed by atoms with van der Waals surface area (Å²) in [6.07, 6.45) is 4.29. The van der Waals surface area contributed by atoms with E-state index in [0.29, 0.717) is 13.2 Å². The van der Waals surface area contributed by atoms with Gasteiger partial charge in [0.2, 0.25) is 0 Å². The van der Waals surface area contributed by atoms with Gasteiger partial charge in [-0.15, -0.1) is 0 Å². The maximum Gasteiger partial charge on any atom is 0.409 e. The van der Waals surface area contributed by atoms with Gasteiger partial charge >= 0.3 is 6.09 Å². The molecule has 94 valence electrons. The molecule has 0 saturated carbocycles. The van der Waals surface area contributed by atoms with Crippen LogP contribution in [-0.4, -0.2) is 43.4 Å². The number of rotatable bonds is 5. The molecule has 1 aliphatic rings. The molecule has 4 nitrogen and oxygen atoms in total. The predicted octanol–water partition coefficient (Wildman–Crippen LogP) is 2.42. The van der Waals surface area contributed by atoms with Gasteiger partial charge in [0.25, 0.3) is 0 Å². The SMILES string of the molecule is CC(C)OCCCOC(=O)N1CCCCC1. The molecule has 0 unspecified atom stereocenters. The van der Waals surface area contributed by atoms with Crippen molar-refractivity contribution in [1.82, 2.24) is 4.90 Å². The van der Waals surface area contributed by atoms with Gasteiger partial charge in [0.05, 0.1) is 19.3 Å². The van der Waals surface area contributed by atoms with Crippen LogP contribution in [0.4, 0.5) is 4.79 Å². The number of hydrogen-bond donors (Lipinski definition) is 0. The molecule has 1 heterocycles. The number of carbonyl (C=O) groups is 1. The summed E-state index contributed by atoms with van der Waals surface area (Å²) >= 11 is 0. The summed E-state index contributed by atoms with van der Waals surface area (Å²) in [5.74, 6) is 0. The first-order valence-electron chi connectivity index (χ1n) is 6.23. The average molecular weight is 229 g/mol. The van der Waals surface area contributed by atoms with Crippen LogP contribution in [0.3, 0.4) is 0 Å². The molecule has 0 radical (unpaired) electrons. The third-order valence-corrected chi connectivity index (χ3v) is 2.58. The normalized spacial score (nSPS) is 16.6. The zero-order valence-electron chi connectivity index (χ0n) is 10.4. The van der Waals surface area contributed by atoms with E-state index in [0.717, 1.165) is 32.4 Å². The monoisotopic (exact) mass is 229 g/mol. The number of carbonyl (C=O) groups excluding carboxylic acids is 1. The molecular weight excluding hydrogens is 206 g/mol. The maximum atomic E-state index is 11.6. The predicted molar refractivity (Wildman–Crippen MR) is 62.5 cm³/mol. The highest BCUT2D eigenvalue weighted by Gasteiger charge is 2.17. The van der Waals surface area contributed by atoms with Gasteiger partial charge in [-0.3, -0.25) is 0 Å². The van der Waals surface area contributed by atoms with Crippen molar-refractivity contribution >= 4 is 6.09 Å². The van der Waals surface area contributed by atoms with Gasteiger partial charge in [-0.25, -0.2) is 4.79 Å². The molecular formula is C12H23NO3. The molecule has 1 rings (SSSR count). The number of nitrogens with zero attached hydrogens (tertiary/aromatic N) is 1. The second-order valence-corrected chi connectivity index (χ2v) is 4.44. The summed E-state index contributed by atoms with van der Waals surface area (Å²) < 4.78 is 10.5. The Kier molecular flexibility index (Phi) is 6.23. The van der Waals surface area contributed by atoms with Crippen molar-refractivity contribution in [3.8, 4) is 0 Å². The van der Waals surface area contributed by atoms with Crippen molar-refractivity contribution in [3.63, 3.8) is 0 Å². The summed E-state index contributed by atoms with van der Waals surface area (Å²) in [7, 11) is 0. The third-order valence-electron chi connectivity index (χ3n) is 2.58. The Balaban J connectivity index is 2.01. The zero-order valence-corrected chi connectivity index (χ0v) is 10.4. The Labute approximate surface area is 97.9 Å². The number of ether oxygens (including phenoxy) is 2. The zero-order chi connectivity index (χ0) is 11.8. The number of likely N-dealkylation sites (tertiary alicyclic amines) is 1. The van der Waals surface area contributed by atoms with Crippen molar-refractivity contribution < 1.29 is 14.3 Å². The van der Waals surface area contributed by atoms with E-state index in [1.54, 1.807) is 4.90 Å². The van der Waals surface area contributed by atoms with E-state index < -0.39 is 0 Å². The Morgan fingerprint density at radius 3 is 2.50 bits per heavy atom. The smallest absolute Gasteiger partial charge is 0.409 e. The first-order valence-corrected chi connectivity index (χ1v) is 6.23. The molecule has 1 fully saturated rings. The quantitative estimate of drug-likeness (QED) is 0.680. The van der Waals surface area contributed by atoms with Crippen LogP contribution in [0.5, 0.6) is 0 Å². The molecule has 1 amide bonds. The molecule has 0 atom stereocenters. The summed E-state index contributed by atoms with van der Waals surface area (Å²) in [4.78, 5) is 13.4. The Morgan fingerprint density at radius 1 is 1.19 bits per heavy atom. The lowest BCUT2D eigenvalue weighted by molar-refractivity contribution is 0.0535. The number of hydrogen-bond acceptors (Lipinski definition) is 3. The Hall–Kier alpha value is -0.770. The van der Waals surface area contributed by atoms with Crippen LogP contribution < -0.4 is 0 Å². The van der Waals surface area contributed by atoms with Gasteiger partial charge in [0, 0.05) is 19.5 Å². The molecule has 1 aliphatic heterocycles. The number of piperidine rings is 1. The lowest BCUT2D eigenvalue weighted by atomic mass is 10.1. The standard InChI is InChI=1S/C12H23NO3/c1-11(2)15-9-6-10-16-12(14)13-7-4-3-5-8-13/h11H,3-10H2,1-2H3. The van der Waals surface area contributed by atoms with Crippen molar-refractivity contribution in [2.45, 2.75) is 45.6 Å². The minimum atomic E-state index is -0.163. The summed E-state index contributed by atoms with van der Waals surface area (Å²) in [6.45, 7) is 6.81. The van der Waals surface area contributed by atoms with Crippen LogP contribution in [0.25, 0.3) is 0 Å². The van der Waals surface area contributed by atoms with Crippen LogP contribution in [-0.2, 0) is 9.47 Å². The van der Waals surface area contributed by atoms with Crippen LogP contribution in [0, 0.1) is 0 Å². The Bertz CT molecular complexity index is 200. The minimum absolute atomic E-state index is 0.163. The first kappa shape index (κ1) is 13.3. The molecule has 0 spiro atoms. The van der Waals surface area contributed by atoms with Gasteiger partial charge < -0.3 is 14.4 Å². The van der Waals surface area contributed by atoms with E-state index in [2.05, 4.69) is 0 Å². The summed E-state index contributed by atoms with van der Waals surface area (Å²) in [5.41, 5.74) is 0. The maximum absolute atomic E-state index is 11.6. The largest absolute Gasteiger partial charge is 0.449 e. The first-order chi connectivity index (χ1) is 7.70. The Morgan fingerprint density at radius 2 is 1.88 bits per heavy atom. The molecule has 4 heteroatoms. The van der Waals surface area contributed by atoms with E-state index in [1.807, 2.05) is 13.8 Å². The van der Waals surface area contributed by atoms with Crippen molar-refractivity contribution in [1.29, 1.82) is 0 Å². The highest BCUT2D eigenvalue weighted by atomic mass is 16.6. The molecule has 0 aromatic heterocycles. The fourth-order valence-electron chi connectivity index (χ4n) is 1.71. The lowest BCUT2D eigenvalue weighted by Crippen LogP contribution is -2.36. The highest BCUT2D eigenvalue weighted by molar-refractivity contribution is 5.67. The third kappa shape index (κ3) is 5.35. The molecule has 0 N–H and O–H groups in total. The number of amides is 1. The fourth-order valence-corrected chi connectivity index (χ4v) is 1.71. The minimum Gasteiger partial charge on any atom is -0.449 e. The summed E-state index contributed by atoms with van der Waals surface area (Å²) in [6, 6.07) is 0. The van der Waals surface area contributed by atoms with E-state index in [9.17, 15) is 4.79 Å². The second kappa shape index (κ2) is 7.49. The van der Waals surface area contributed by atoms with E-state index in [4.69, 9.17) is 9.47 Å². The molecule has 16 heavy (non-hydrogen) atoms. The van der Waals surface area contributed by atoms with Crippen LogP contribution >= 0.6 is 0 Å². The second-order valence-electron chi connectivity index (χ2n) is 4.44. The van der Waals surface area contributed by atoms with Crippen molar-refractivity contribution in [2.24, 2.45) is 0 Å².